The third-order valence-corrected chi connectivity index (χ3v) is 3.85. The first-order chi connectivity index (χ1) is 11.0. The fourth-order valence-electron chi connectivity index (χ4n) is 2.83. The largest absolute Gasteiger partial charge is 0.299 e. The van der Waals surface area contributed by atoms with E-state index in [-0.39, 0.29) is 5.91 Å². The highest BCUT2D eigenvalue weighted by molar-refractivity contribution is 6.71. The Hall–Kier alpha value is -2.75. The molecule has 1 amide bonds. The molecule has 1 heterocycles. The van der Waals surface area contributed by atoms with Crippen LogP contribution in [0.25, 0.3) is 0 Å². The van der Waals surface area contributed by atoms with E-state index in [1.807, 2.05) is 51.1 Å². The Bertz CT molecular complexity index is 812. The molecule has 0 aliphatic carbocycles. The maximum atomic E-state index is 12.7. The predicted octanol–water partition coefficient (Wildman–Crippen LogP) is 4.11. The smallest absolute Gasteiger partial charge is 0.265 e. The van der Waals surface area contributed by atoms with Gasteiger partial charge in [0, 0.05) is 0 Å². The average Bonchev–Trinajstić information content (AvgIpc) is 2.79. The lowest BCUT2D eigenvalue weighted by Gasteiger charge is -2.11. The highest BCUT2D eigenvalue weighted by Crippen LogP contribution is 2.27. The summed E-state index contributed by atoms with van der Waals surface area (Å²) in [5, 5.41) is 5.77. The molecule has 3 rings (SSSR count). The Labute approximate surface area is 136 Å². The van der Waals surface area contributed by atoms with Crippen LogP contribution in [-0.2, 0) is 4.79 Å². The van der Waals surface area contributed by atoms with E-state index in [1.54, 1.807) is 0 Å². The molecule has 116 valence electrons. The van der Waals surface area contributed by atoms with Crippen LogP contribution in [0.1, 0.15) is 23.6 Å². The second-order valence-electron chi connectivity index (χ2n) is 5.85. The van der Waals surface area contributed by atoms with Crippen LogP contribution in [-0.4, -0.2) is 17.3 Å². The molecular formula is C19H19N3O. The number of hydrogen-bond donors (Lipinski definition) is 0. The molecule has 1 aliphatic rings. The Morgan fingerprint density at radius 3 is 2.17 bits per heavy atom. The van der Waals surface area contributed by atoms with Crippen LogP contribution in [0.5, 0.6) is 0 Å². The van der Waals surface area contributed by atoms with Gasteiger partial charge in [-0.2, -0.15) is 10.1 Å². The molecule has 2 aromatic carbocycles. The van der Waals surface area contributed by atoms with Gasteiger partial charge >= 0.3 is 0 Å². The van der Waals surface area contributed by atoms with E-state index in [4.69, 9.17) is 0 Å². The standard InChI is InChI=1S/C19H19N3O/c1-12-10-13(2)17(14(3)11-12)20-18-15(4)21-22(19(18)23)16-8-6-5-7-9-16/h5-11H,1-4H3. The van der Waals surface area contributed by atoms with Gasteiger partial charge in [-0.15, -0.1) is 0 Å². The van der Waals surface area contributed by atoms with Crippen LogP contribution < -0.4 is 5.01 Å². The monoisotopic (exact) mass is 305 g/mol. The first-order valence-corrected chi connectivity index (χ1v) is 7.59. The lowest BCUT2D eigenvalue weighted by atomic mass is 10.1. The number of hydrazone groups is 1. The van der Waals surface area contributed by atoms with E-state index in [9.17, 15) is 4.79 Å². The van der Waals surface area contributed by atoms with Crippen molar-refractivity contribution in [2.24, 2.45) is 10.1 Å². The summed E-state index contributed by atoms with van der Waals surface area (Å²) in [4.78, 5) is 17.3. The third-order valence-electron chi connectivity index (χ3n) is 3.85. The van der Waals surface area contributed by atoms with E-state index < -0.39 is 0 Å². The summed E-state index contributed by atoms with van der Waals surface area (Å²) in [6.07, 6.45) is 0. The summed E-state index contributed by atoms with van der Waals surface area (Å²) >= 11 is 0. The summed E-state index contributed by atoms with van der Waals surface area (Å²) in [6.45, 7) is 7.90. The molecule has 0 N–H and O–H groups in total. The molecule has 0 saturated heterocycles. The molecule has 0 bridgehead atoms. The summed E-state index contributed by atoms with van der Waals surface area (Å²) in [5.41, 5.74) is 5.96. The number of aryl methyl sites for hydroxylation is 3. The number of benzene rings is 2. The first kappa shape index (κ1) is 15.2. The quantitative estimate of drug-likeness (QED) is 0.823. The van der Waals surface area contributed by atoms with Gasteiger partial charge in [0.05, 0.1) is 17.1 Å². The second-order valence-corrected chi connectivity index (χ2v) is 5.85. The van der Waals surface area contributed by atoms with Crippen LogP contribution in [0, 0.1) is 20.8 Å². The van der Waals surface area contributed by atoms with Crippen molar-refractivity contribution in [3.8, 4) is 0 Å². The lowest BCUT2D eigenvalue weighted by molar-refractivity contribution is -0.112. The van der Waals surface area contributed by atoms with Gasteiger partial charge in [-0.1, -0.05) is 35.9 Å². The topological polar surface area (TPSA) is 45.0 Å². The molecule has 0 spiro atoms. The number of aliphatic imine (C=N–C) groups is 1. The molecule has 0 unspecified atom stereocenters. The Kier molecular flexibility index (Phi) is 3.82. The lowest BCUT2D eigenvalue weighted by Crippen LogP contribution is -2.27. The number of carbonyl (C=O) groups is 1. The number of hydrogen-bond acceptors (Lipinski definition) is 3. The van der Waals surface area contributed by atoms with Crippen molar-refractivity contribution in [2.75, 3.05) is 5.01 Å². The Morgan fingerprint density at radius 2 is 1.57 bits per heavy atom. The van der Waals surface area contributed by atoms with Crippen molar-refractivity contribution < 1.29 is 4.79 Å². The van der Waals surface area contributed by atoms with Crippen LogP contribution in [0.3, 0.4) is 0 Å². The van der Waals surface area contributed by atoms with E-state index in [0.717, 1.165) is 22.5 Å². The second kappa shape index (κ2) is 5.80. The number of anilines is 1. The molecule has 0 saturated carbocycles. The molecule has 2 aromatic rings. The van der Waals surface area contributed by atoms with E-state index in [0.29, 0.717) is 11.4 Å². The number of amides is 1. The van der Waals surface area contributed by atoms with Crippen molar-refractivity contribution in [3.63, 3.8) is 0 Å². The van der Waals surface area contributed by atoms with Crippen LogP contribution in [0.15, 0.2) is 52.6 Å². The van der Waals surface area contributed by atoms with Crippen molar-refractivity contribution in [1.82, 2.24) is 0 Å². The highest BCUT2D eigenvalue weighted by atomic mass is 16.2. The molecule has 4 heteroatoms. The van der Waals surface area contributed by atoms with Crippen molar-refractivity contribution in [3.05, 3.63) is 59.2 Å². The van der Waals surface area contributed by atoms with Gasteiger partial charge in [-0.05, 0) is 51.0 Å². The molecule has 23 heavy (non-hydrogen) atoms. The van der Waals surface area contributed by atoms with E-state index in [2.05, 4.69) is 29.2 Å². The normalized spacial score (nSPS) is 16.2. The maximum Gasteiger partial charge on any atom is 0.299 e. The first-order valence-electron chi connectivity index (χ1n) is 7.59. The Balaban J connectivity index is 2.02. The van der Waals surface area contributed by atoms with Gasteiger partial charge in [0.25, 0.3) is 5.91 Å². The highest BCUT2D eigenvalue weighted by Gasteiger charge is 2.30. The van der Waals surface area contributed by atoms with Crippen molar-refractivity contribution in [2.45, 2.75) is 27.7 Å². The van der Waals surface area contributed by atoms with E-state index in [1.165, 1.54) is 10.6 Å². The maximum absolute atomic E-state index is 12.7. The van der Waals surface area contributed by atoms with Gasteiger partial charge in [0.1, 0.15) is 0 Å². The number of rotatable bonds is 2. The summed E-state index contributed by atoms with van der Waals surface area (Å²) in [7, 11) is 0. The summed E-state index contributed by atoms with van der Waals surface area (Å²) in [6, 6.07) is 13.6. The van der Waals surface area contributed by atoms with Gasteiger partial charge in [0.2, 0.25) is 0 Å². The molecule has 4 nitrogen and oxygen atoms in total. The fraction of sp³-hybridized carbons (Fsp3) is 0.211. The zero-order chi connectivity index (χ0) is 16.6. The van der Waals surface area contributed by atoms with Gasteiger partial charge in [-0.25, -0.2) is 4.99 Å². The van der Waals surface area contributed by atoms with Crippen LogP contribution in [0.2, 0.25) is 0 Å². The minimum Gasteiger partial charge on any atom is -0.265 e. The number of carbonyl (C=O) groups excluding carboxylic acids is 1. The number of nitrogens with zero attached hydrogens (tertiary/aromatic N) is 3. The van der Waals surface area contributed by atoms with Gasteiger partial charge in [0.15, 0.2) is 5.71 Å². The van der Waals surface area contributed by atoms with Crippen LogP contribution in [0.4, 0.5) is 11.4 Å². The average molecular weight is 305 g/mol. The third kappa shape index (κ3) is 2.80. The minimum atomic E-state index is -0.187. The fourth-order valence-corrected chi connectivity index (χ4v) is 2.83. The molecule has 0 fully saturated rings. The molecule has 0 aromatic heterocycles. The molecular weight excluding hydrogens is 286 g/mol. The van der Waals surface area contributed by atoms with Crippen LogP contribution >= 0.6 is 0 Å². The summed E-state index contributed by atoms with van der Waals surface area (Å²) in [5.74, 6) is -0.187. The molecule has 0 atom stereocenters. The predicted molar refractivity (Wildman–Crippen MR) is 94.8 cm³/mol. The molecule has 0 radical (unpaired) electrons. The SMILES string of the molecule is CC1=NN(c2ccccc2)C(=O)C1=Nc1c(C)cc(C)cc1C. The van der Waals surface area contributed by atoms with Crippen molar-refractivity contribution >= 4 is 28.7 Å². The minimum absolute atomic E-state index is 0.187. The molecule has 1 aliphatic heterocycles. The zero-order valence-electron chi connectivity index (χ0n) is 13.8. The zero-order valence-corrected chi connectivity index (χ0v) is 13.8. The van der Waals surface area contributed by atoms with E-state index >= 15 is 0 Å². The number of para-hydroxylation sites is 1. The van der Waals surface area contributed by atoms with Gasteiger partial charge in [-0.3, -0.25) is 4.79 Å². The van der Waals surface area contributed by atoms with Gasteiger partial charge < -0.3 is 0 Å². The Morgan fingerprint density at radius 1 is 0.957 bits per heavy atom. The van der Waals surface area contributed by atoms with Crippen molar-refractivity contribution in [1.29, 1.82) is 0 Å². The summed E-state index contributed by atoms with van der Waals surface area (Å²) < 4.78 is 0.